The van der Waals surface area contributed by atoms with Gasteiger partial charge in [-0.05, 0) is 35.4 Å². The monoisotopic (exact) mass is 408 g/mol. The zero-order valence-corrected chi connectivity index (χ0v) is 16.9. The molecule has 0 unspecified atom stereocenters. The van der Waals surface area contributed by atoms with Crippen LogP contribution >= 0.6 is 0 Å². The van der Waals surface area contributed by atoms with E-state index in [1.165, 1.54) is 26.4 Å². The Balaban J connectivity index is 1.73. The maximum Gasteiger partial charge on any atom is 0.160 e. The summed E-state index contributed by atoms with van der Waals surface area (Å²) in [6, 6.07) is 13.6. The highest BCUT2D eigenvalue weighted by Gasteiger charge is 2.30. The van der Waals surface area contributed by atoms with Gasteiger partial charge in [0, 0.05) is 26.2 Å². The van der Waals surface area contributed by atoms with Crippen LogP contribution in [-0.2, 0) is 0 Å². The van der Waals surface area contributed by atoms with Gasteiger partial charge in [0.1, 0.15) is 12.1 Å². The van der Waals surface area contributed by atoms with E-state index in [0.29, 0.717) is 37.7 Å². The van der Waals surface area contributed by atoms with Gasteiger partial charge in [-0.3, -0.25) is 9.80 Å². The van der Waals surface area contributed by atoms with Gasteiger partial charge in [-0.2, -0.15) is 10.5 Å². The molecular formula is C22H24N4O4. The Morgan fingerprint density at radius 1 is 0.767 bits per heavy atom. The number of hydrogen-bond acceptors (Lipinski definition) is 8. The minimum Gasteiger partial charge on any atom is -0.504 e. The molecule has 0 saturated carbocycles. The van der Waals surface area contributed by atoms with E-state index in [-0.39, 0.29) is 11.5 Å². The number of nitriles is 2. The van der Waals surface area contributed by atoms with Crippen LogP contribution in [0.5, 0.6) is 23.0 Å². The number of nitrogens with zero attached hydrogens (tertiary/aromatic N) is 4. The van der Waals surface area contributed by atoms with Crippen LogP contribution in [-0.4, -0.2) is 60.4 Å². The van der Waals surface area contributed by atoms with Gasteiger partial charge in [-0.15, -0.1) is 0 Å². The van der Waals surface area contributed by atoms with E-state index in [9.17, 15) is 20.7 Å². The molecular weight excluding hydrogens is 384 g/mol. The first-order valence-electron chi connectivity index (χ1n) is 9.53. The summed E-state index contributed by atoms with van der Waals surface area (Å²) in [6.07, 6.45) is 0. The van der Waals surface area contributed by atoms with Crippen molar-refractivity contribution < 1.29 is 19.7 Å². The molecule has 0 aromatic heterocycles. The molecule has 1 heterocycles. The van der Waals surface area contributed by atoms with Gasteiger partial charge in [0.25, 0.3) is 0 Å². The first-order chi connectivity index (χ1) is 14.5. The molecule has 3 rings (SSSR count). The highest BCUT2D eigenvalue weighted by Crippen LogP contribution is 2.33. The maximum absolute atomic E-state index is 9.80. The number of benzene rings is 2. The van der Waals surface area contributed by atoms with Crippen LogP contribution in [0, 0.1) is 22.7 Å². The Morgan fingerprint density at radius 2 is 1.13 bits per heavy atom. The van der Waals surface area contributed by atoms with Gasteiger partial charge in [-0.25, -0.2) is 0 Å². The molecule has 1 aliphatic rings. The predicted molar refractivity (Wildman–Crippen MR) is 109 cm³/mol. The molecule has 30 heavy (non-hydrogen) atoms. The molecule has 1 saturated heterocycles. The molecule has 2 aromatic rings. The fourth-order valence-electron chi connectivity index (χ4n) is 3.72. The van der Waals surface area contributed by atoms with Crippen molar-refractivity contribution >= 4 is 0 Å². The number of methoxy groups -OCH3 is 2. The topological polar surface area (TPSA) is 113 Å². The molecule has 2 N–H and O–H groups in total. The zero-order valence-electron chi connectivity index (χ0n) is 16.9. The van der Waals surface area contributed by atoms with Crippen molar-refractivity contribution in [2.75, 3.05) is 40.4 Å². The van der Waals surface area contributed by atoms with Crippen molar-refractivity contribution in [1.29, 1.82) is 10.5 Å². The van der Waals surface area contributed by atoms with Crippen LogP contribution in [0.3, 0.4) is 0 Å². The SMILES string of the molecule is COc1cc([C@H](C#N)N2CCN([C@@H](C#N)c3ccc(O)c(OC)c3)CC2)ccc1O. The Bertz CT molecular complexity index is 895. The van der Waals surface area contributed by atoms with Crippen LogP contribution in [0.15, 0.2) is 36.4 Å². The minimum absolute atomic E-state index is 0.0314. The molecule has 8 heteroatoms. The summed E-state index contributed by atoms with van der Waals surface area (Å²) in [5.41, 5.74) is 1.50. The van der Waals surface area contributed by atoms with Crippen molar-refractivity contribution in [2.45, 2.75) is 12.1 Å². The zero-order chi connectivity index (χ0) is 21.7. The maximum atomic E-state index is 9.80. The third kappa shape index (κ3) is 4.25. The van der Waals surface area contributed by atoms with Crippen LogP contribution in [0.2, 0.25) is 0 Å². The van der Waals surface area contributed by atoms with Gasteiger partial charge in [0.2, 0.25) is 0 Å². The highest BCUT2D eigenvalue weighted by atomic mass is 16.5. The molecule has 0 radical (unpaired) electrons. The summed E-state index contributed by atoms with van der Waals surface area (Å²) in [4.78, 5) is 4.10. The minimum atomic E-state index is -0.476. The van der Waals surface area contributed by atoms with Crippen LogP contribution in [0.25, 0.3) is 0 Å². The van der Waals surface area contributed by atoms with Gasteiger partial charge in [-0.1, -0.05) is 12.1 Å². The van der Waals surface area contributed by atoms with E-state index < -0.39 is 12.1 Å². The number of aromatic hydroxyl groups is 2. The molecule has 0 bridgehead atoms. The molecule has 156 valence electrons. The average Bonchev–Trinajstić information content (AvgIpc) is 2.77. The normalized spacial score (nSPS) is 16.8. The van der Waals surface area contributed by atoms with Crippen LogP contribution in [0.1, 0.15) is 23.2 Å². The van der Waals surface area contributed by atoms with Crippen molar-refractivity contribution in [3.63, 3.8) is 0 Å². The first-order valence-corrected chi connectivity index (χ1v) is 9.53. The van der Waals surface area contributed by atoms with Crippen molar-refractivity contribution in [2.24, 2.45) is 0 Å². The Hall–Kier alpha value is -3.46. The Morgan fingerprint density at radius 3 is 1.43 bits per heavy atom. The number of piperazine rings is 1. The Labute approximate surface area is 175 Å². The fraction of sp³-hybridized carbons (Fsp3) is 0.364. The highest BCUT2D eigenvalue weighted by molar-refractivity contribution is 5.45. The van der Waals surface area contributed by atoms with Crippen molar-refractivity contribution in [3.05, 3.63) is 47.5 Å². The summed E-state index contributed by atoms with van der Waals surface area (Å²) in [6.45, 7) is 2.42. The molecule has 2 atom stereocenters. The molecule has 0 amide bonds. The lowest BCUT2D eigenvalue weighted by Crippen LogP contribution is -2.48. The molecule has 0 aliphatic carbocycles. The summed E-state index contributed by atoms with van der Waals surface area (Å²) in [7, 11) is 2.94. The van der Waals surface area contributed by atoms with Crippen LogP contribution in [0.4, 0.5) is 0 Å². The fourth-order valence-corrected chi connectivity index (χ4v) is 3.72. The average molecular weight is 408 g/mol. The number of rotatable bonds is 6. The van der Waals surface area contributed by atoms with E-state index in [1.54, 1.807) is 24.3 Å². The van der Waals surface area contributed by atoms with E-state index in [1.807, 2.05) is 9.80 Å². The largest absolute Gasteiger partial charge is 0.504 e. The predicted octanol–water partition coefficient (Wildman–Crippen LogP) is 2.56. The number of phenolic OH excluding ortho intramolecular Hbond substituents is 2. The molecule has 2 aromatic carbocycles. The third-order valence-electron chi connectivity index (χ3n) is 5.36. The number of ether oxygens (including phenoxy) is 2. The molecule has 0 spiro atoms. The van der Waals surface area contributed by atoms with Gasteiger partial charge >= 0.3 is 0 Å². The smallest absolute Gasteiger partial charge is 0.160 e. The van der Waals surface area contributed by atoms with Crippen molar-refractivity contribution in [3.8, 4) is 35.1 Å². The number of phenols is 2. The van der Waals surface area contributed by atoms with Crippen molar-refractivity contribution in [1.82, 2.24) is 9.80 Å². The standard InChI is InChI=1S/C22H24N4O4/c1-29-21-11-15(3-5-19(21)27)17(13-23)25-7-9-26(10-8-25)18(14-24)16-4-6-20(28)22(12-16)30-2/h3-6,11-12,17-18,27-28H,7-10H2,1-2H3/t17-,18-/m0/s1. The summed E-state index contributed by atoms with van der Waals surface area (Å²) in [5.74, 6) is 0.724. The van der Waals surface area contributed by atoms with E-state index in [4.69, 9.17) is 9.47 Å². The molecule has 8 nitrogen and oxygen atoms in total. The van der Waals surface area contributed by atoms with Gasteiger partial charge in [0.15, 0.2) is 23.0 Å². The number of hydrogen-bond donors (Lipinski definition) is 2. The summed E-state index contributed by atoms with van der Waals surface area (Å²) >= 11 is 0. The molecule has 1 fully saturated rings. The van der Waals surface area contributed by atoms with E-state index in [0.717, 1.165) is 11.1 Å². The lowest BCUT2D eigenvalue weighted by Gasteiger charge is -2.39. The van der Waals surface area contributed by atoms with Gasteiger partial charge in [0.05, 0.1) is 26.4 Å². The van der Waals surface area contributed by atoms with E-state index >= 15 is 0 Å². The summed E-state index contributed by atoms with van der Waals surface area (Å²) in [5, 5.41) is 39.1. The van der Waals surface area contributed by atoms with E-state index in [2.05, 4.69) is 12.1 Å². The lowest BCUT2D eigenvalue weighted by atomic mass is 10.0. The van der Waals surface area contributed by atoms with Gasteiger partial charge < -0.3 is 19.7 Å². The quantitative estimate of drug-likeness (QED) is 0.750. The lowest BCUT2D eigenvalue weighted by molar-refractivity contribution is 0.0977. The second kappa shape index (κ2) is 9.36. The first kappa shape index (κ1) is 21.3. The second-order valence-electron chi connectivity index (χ2n) is 7.00. The third-order valence-corrected chi connectivity index (χ3v) is 5.36. The molecule has 1 aliphatic heterocycles. The summed E-state index contributed by atoms with van der Waals surface area (Å²) < 4.78 is 10.3. The Kier molecular flexibility index (Phi) is 6.63. The van der Waals surface area contributed by atoms with Crippen LogP contribution < -0.4 is 9.47 Å². The second-order valence-corrected chi connectivity index (χ2v) is 7.00.